The minimum absolute atomic E-state index is 0. The van der Waals surface area contributed by atoms with Gasteiger partial charge in [-0.1, -0.05) is 89.4 Å². The molecule has 0 fully saturated rings. The Morgan fingerprint density at radius 3 is 2.07 bits per heavy atom. The van der Waals surface area contributed by atoms with Crippen LogP contribution in [-0.4, -0.2) is 20.1 Å². The molecule has 2 aromatic heterocycles. The predicted molar refractivity (Wildman–Crippen MR) is 174 cm³/mol. The summed E-state index contributed by atoms with van der Waals surface area (Å²) in [5, 5.41) is 11.9. The van der Waals surface area contributed by atoms with Gasteiger partial charge in [0, 0.05) is 50.3 Å². The van der Waals surface area contributed by atoms with E-state index >= 15 is 0 Å². The van der Waals surface area contributed by atoms with Crippen LogP contribution in [0.5, 0.6) is 5.75 Å². The van der Waals surface area contributed by atoms with E-state index in [0.717, 1.165) is 26.7 Å². The maximum atomic E-state index is 11.0. The van der Waals surface area contributed by atoms with Crippen molar-refractivity contribution in [2.45, 2.75) is 75.6 Å². The Kier molecular flexibility index (Phi) is 10.3. The smallest absolute Gasteiger partial charge is 0.125 e. The molecule has 0 aliphatic carbocycles. The van der Waals surface area contributed by atoms with E-state index in [0.29, 0.717) is 28.8 Å². The molecule has 0 aliphatic rings. The topological polar surface area (TPSA) is 58.9 Å². The Morgan fingerprint density at radius 2 is 1.47 bits per heavy atom. The summed E-state index contributed by atoms with van der Waals surface area (Å²) >= 11 is 1.58. The molecule has 0 radical (unpaired) electrons. The van der Waals surface area contributed by atoms with Crippen molar-refractivity contribution in [2.24, 2.45) is 0 Å². The Bertz CT molecular complexity index is 1690. The summed E-state index contributed by atoms with van der Waals surface area (Å²) in [4.78, 5) is 15.7. The summed E-state index contributed by atoms with van der Waals surface area (Å²) in [6.45, 7) is 15.5. The van der Waals surface area contributed by atoms with Gasteiger partial charge in [0.05, 0.1) is 16.4 Å². The summed E-state index contributed by atoms with van der Waals surface area (Å²) in [5.41, 5.74) is 8.22. The number of benzene rings is 3. The Morgan fingerprint density at radius 1 is 0.791 bits per heavy atom. The number of aromatic hydroxyl groups is 1. The molecule has 1 N–H and O–H groups in total. The van der Waals surface area contributed by atoms with Crippen LogP contribution in [0, 0.1) is 6.07 Å². The molecule has 0 spiro atoms. The number of phenolic OH excluding ortho intramolecular Hbond substituents is 1. The fourth-order valence-electron chi connectivity index (χ4n) is 4.76. The second-order valence-electron chi connectivity index (χ2n) is 12.3. The zero-order valence-electron chi connectivity index (χ0n) is 25.8. The fourth-order valence-corrected chi connectivity index (χ4v) is 5.59. The van der Waals surface area contributed by atoms with Crippen LogP contribution in [0.4, 0.5) is 0 Å². The minimum atomic E-state index is -0.0816. The number of hydrogen-bond donors (Lipinski definition) is 1. The first-order valence-electron chi connectivity index (χ1n) is 14.5. The van der Waals surface area contributed by atoms with Gasteiger partial charge in [0.15, 0.2) is 0 Å². The quantitative estimate of drug-likeness (QED) is 0.167. The molecule has 43 heavy (non-hydrogen) atoms. The summed E-state index contributed by atoms with van der Waals surface area (Å²) in [6, 6.07) is 27.9. The standard InChI is InChI=1S/C37H38N3OS.Pt/c1-23(2)25-16-26(24(3)4)18-28(17-25)35-36(31-12-8-9-13-33(31)41)40-32(22-39-35)27-19-29(37(5,6)7)21-30(20-27)42-34-14-10-11-15-38-34;/h8-19,21-24,41H,1-7H3;/q-1;. The van der Waals surface area contributed by atoms with Crippen LogP contribution >= 0.6 is 11.8 Å². The van der Waals surface area contributed by atoms with Crippen LogP contribution in [0.15, 0.2) is 95.1 Å². The van der Waals surface area contributed by atoms with Gasteiger partial charge in [-0.15, -0.1) is 29.3 Å². The second kappa shape index (κ2) is 13.6. The van der Waals surface area contributed by atoms with Crippen molar-refractivity contribution in [1.82, 2.24) is 15.0 Å². The Balaban J connectivity index is 0.00000423. The Hall–Kier alpha value is -3.27. The molecule has 3 aromatic carbocycles. The normalized spacial score (nSPS) is 11.6. The molecular formula is C37H38N3OPtS-. The van der Waals surface area contributed by atoms with E-state index in [1.807, 2.05) is 42.6 Å². The van der Waals surface area contributed by atoms with E-state index in [-0.39, 0.29) is 32.2 Å². The zero-order valence-corrected chi connectivity index (χ0v) is 28.8. The number of para-hydroxylation sites is 1. The van der Waals surface area contributed by atoms with Crippen LogP contribution in [-0.2, 0) is 26.5 Å². The monoisotopic (exact) mass is 767 g/mol. The summed E-state index contributed by atoms with van der Waals surface area (Å²) in [5.74, 6) is 0.911. The van der Waals surface area contributed by atoms with Crippen molar-refractivity contribution in [3.63, 3.8) is 0 Å². The fraction of sp³-hybridized carbons (Fsp3) is 0.270. The predicted octanol–water partition coefficient (Wildman–Crippen LogP) is 10.1. The molecule has 5 aromatic rings. The molecule has 2 heterocycles. The van der Waals surface area contributed by atoms with Crippen molar-refractivity contribution in [3.8, 4) is 39.5 Å². The molecular weight excluding hydrogens is 730 g/mol. The number of pyridine rings is 1. The SMILES string of the molecule is CC(C)c1cc(-c2ncc(-c3[c-]c(Sc4ccccn4)cc(C(C)(C)C)c3)nc2-c2ccccc2O)cc(C(C)C)c1.[Pt]. The summed E-state index contributed by atoms with van der Waals surface area (Å²) < 4.78 is 0. The summed E-state index contributed by atoms with van der Waals surface area (Å²) in [6.07, 6.45) is 3.64. The largest absolute Gasteiger partial charge is 0.507 e. The van der Waals surface area contributed by atoms with Crippen LogP contribution < -0.4 is 0 Å². The molecule has 5 rings (SSSR count). The molecule has 0 amide bonds. The van der Waals surface area contributed by atoms with Crippen LogP contribution in [0.25, 0.3) is 33.8 Å². The molecule has 0 saturated heterocycles. The van der Waals surface area contributed by atoms with Crippen LogP contribution in [0.1, 0.15) is 77.0 Å². The number of phenols is 1. The number of aromatic nitrogens is 3. The van der Waals surface area contributed by atoms with Gasteiger partial charge in [0.25, 0.3) is 0 Å². The first-order chi connectivity index (χ1) is 20.0. The van der Waals surface area contributed by atoms with E-state index in [9.17, 15) is 5.11 Å². The van der Waals surface area contributed by atoms with Crippen molar-refractivity contribution in [1.29, 1.82) is 0 Å². The van der Waals surface area contributed by atoms with Crippen molar-refractivity contribution in [3.05, 3.63) is 108 Å². The number of hydrogen-bond acceptors (Lipinski definition) is 5. The molecule has 4 nitrogen and oxygen atoms in total. The molecule has 0 bridgehead atoms. The van der Waals surface area contributed by atoms with E-state index in [4.69, 9.17) is 9.97 Å². The van der Waals surface area contributed by atoms with E-state index < -0.39 is 0 Å². The van der Waals surface area contributed by atoms with Crippen molar-refractivity contribution >= 4 is 11.8 Å². The molecule has 0 saturated carbocycles. The van der Waals surface area contributed by atoms with E-state index in [1.54, 1.807) is 24.0 Å². The molecule has 6 heteroatoms. The van der Waals surface area contributed by atoms with Gasteiger partial charge < -0.3 is 5.11 Å². The molecule has 0 aliphatic heterocycles. The maximum Gasteiger partial charge on any atom is 0.125 e. The number of nitrogens with zero attached hydrogens (tertiary/aromatic N) is 3. The molecule has 0 unspecified atom stereocenters. The zero-order chi connectivity index (χ0) is 30.0. The van der Waals surface area contributed by atoms with Gasteiger partial charge in [-0.3, -0.25) is 9.97 Å². The Labute approximate surface area is 274 Å². The minimum Gasteiger partial charge on any atom is -0.507 e. The third-order valence-electron chi connectivity index (χ3n) is 7.35. The van der Waals surface area contributed by atoms with Crippen LogP contribution in [0.3, 0.4) is 0 Å². The second-order valence-corrected chi connectivity index (χ2v) is 13.4. The molecule has 0 atom stereocenters. The summed E-state index contributed by atoms with van der Waals surface area (Å²) in [7, 11) is 0. The number of rotatable bonds is 7. The van der Waals surface area contributed by atoms with Crippen LogP contribution in [0.2, 0.25) is 0 Å². The maximum absolute atomic E-state index is 11.0. The first-order valence-corrected chi connectivity index (χ1v) is 15.3. The van der Waals surface area contributed by atoms with E-state index in [1.165, 1.54) is 16.7 Å². The van der Waals surface area contributed by atoms with Gasteiger partial charge >= 0.3 is 0 Å². The first kappa shape index (κ1) is 32.6. The third kappa shape index (κ3) is 7.63. The van der Waals surface area contributed by atoms with Crippen molar-refractivity contribution < 1.29 is 26.2 Å². The third-order valence-corrected chi connectivity index (χ3v) is 8.25. The van der Waals surface area contributed by atoms with Gasteiger partial charge in [-0.2, -0.15) is 0 Å². The van der Waals surface area contributed by atoms with Gasteiger partial charge in [0.2, 0.25) is 0 Å². The molecule has 224 valence electrons. The van der Waals surface area contributed by atoms with Gasteiger partial charge in [0.1, 0.15) is 5.75 Å². The van der Waals surface area contributed by atoms with Gasteiger partial charge in [-0.05, 0) is 64.8 Å². The van der Waals surface area contributed by atoms with E-state index in [2.05, 4.69) is 89.8 Å². The average Bonchev–Trinajstić information content (AvgIpc) is 2.97. The van der Waals surface area contributed by atoms with Gasteiger partial charge in [-0.25, -0.2) is 4.98 Å². The van der Waals surface area contributed by atoms with Crippen molar-refractivity contribution in [2.75, 3.05) is 0 Å². The average molecular weight is 768 g/mol.